The molecule has 0 aromatic carbocycles. The molecule has 2 aliphatic rings. The molecule has 2 heteroatoms. The van der Waals surface area contributed by atoms with Gasteiger partial charge in [-0.3, -0.25) is 4.79 Å². The molecule has 2 nitrogen and oxygen atoms in total. The summed E-state index contributed by atoms with van der Waals surface area (Å²) < 4.78 is 5.49. The molecule has 0 radical (unpaired) electrons. The largest absolute Gasteiger partial charge is 0.362 e. The minimum absolute atomic E-state index is 0.0773. The molecule has 1 aliphatic heterocycles. The second kappa shape index (κ2) is 5.57. The van der Waals surface area contributed by atoms with Gasteiger partial charge in [-0.15, -0.1) is 6.58 Å². The Kier molecular flexibility index (Phi) is 4.30. The van der Waals surface area contributed by atoms with Crippen molar-refractivity contribution in [2.75, 3.05) is 0 Å². The molecule has 1 heterocycles. The molecular weight excluding hydrogens is 260 g/mol. The van der Waals surface area contributed by atoms with Crippen LogP contribution in [0, 0.1) is 17.3 Å². The van der Waals surface area contributed by atoms with Gasteiger partial charge in [0.25, 0.3) is 0 Å². The van der Waals surface area contributed by atoms with Crippen molar-refractivity contribution >= 4 is 5.78 Å². The number of ketones is 1. The van der Waals surface area contributed by atoms with Gasteiger partial charge in [-0.25, -0.2) is 0 Å². The van der Waals surface area contributed by atoms with E-state index in [1.807, 2.05) is 26.0 Å². The first-order chi connectivity index (χ1) is 9.69. The van der Waals surface area contributed by atoms with E-state index >= 15 is 0 Å². The quantitative estimate of drug-likeness (QED) is 0.424. The van der Waals surface area contributed by atoms with Gasteiger partial charge in [-0.2, -0.15) is 0 Å². The number of hydrogen-bond acceptors (Lipinski definition) is 2. The van der Waals surface area contributed by atoms with E-state index in [0.717, 1.165) is 24.8 Å². The van der Waals surface area contributed by atoms with Crippen molar-refractivity contribution in [2.24, 2.45) is 17.3 Å². The van der Waals surface area contributed by atoms with Crippen LogP contribution >= 0.6 is 0 Å². The molecule has 0 amide bonds. The van der Waals surface area contributed by atoms with Crippen molar-refractivity contribution < 1.29 is 9.53 Å². The summed E-state index contributed by atoms with van der Waals surface area (Å²) in [6.45, 7) is 16.5. The minimum atomic E-state index is -0.0923. The lowest BCUT2D eigenvalue weighted by Crippen LogP contribution is -2.35. The predicted molar refractivity (Wildman–Crippen MR) is 87.0 cm³/mol. The Morgan fingerprint density at radius 2 is 1.95 bits per heavy atom. The minimum Gasteiger partial charge on any atom is -0.362 e. The highest BCUT2D eigenvalue weighted by Crippen LogP contribution is 2.47. The van der Waals surface area contributed by atoms with Crippen molar-refractivity contribution in [3.8, 4) is 0 Å². The Morgan fingerprint density at radius 3 is 2.43 bits per heavy atom. The molecule has 1 aliphatic carbocycles. The van der Waals surface area contributed by atoms with Crippen molar-refractivity contribution in [3.63, 3.8) is 0 Å². The lowest BCUT2D eigenvalue weighted by molar-refractivity contribution is -0.120. The van der Waals surface area contributed by atoms with Gasteiger partial charge >= 0.3 is 0 Å². The zero-order chi connectivity index (χ0) is 15.8. The fourth-order valence-electron chi connectivity index (χ4n) is 3.48. The molecule has 0 aromatic heterocycles. The van der Waals surface area contributed by atoms with Crippen LogP contribution in [0.5, 0.6) is 0 Å². The summed E-state index contributed by atoms with van der Waals surface area (Å²) in [6, 6.07) is 0. The van der Waals surface area contributed by atoms with Crippen molar-refractivity contribution in [3.05, 3.63) is 37.0 Å². The maximum absolute atomic E-state index is 12.4. The molecule has 2 fully saturated rings. The normalized spacial score (nSPS) is 38.2. The third-order valence-corrected chi connectivity index (χ3v) is 5.31. The first kappa shape index (κ1) is 16.2. The molecule has 0 spiro atoms. The molecule has 21 heavy (non-hydrogen) atoms. The number of allylic oxidation sites excluding steroid dienone is 3. The summed E-state index contributed by atoms with van der Waals surface area (Å²) in [5, 5.41) is 0. The second-order valence-electron chi connectivity index (χ2n) is 7.48. The van der Waals surface area contributed by atoms with Crippen LogP contribution in [-0.2, 0) is 9.53 Å². The van der Waals surface area contributed by atoms with Crippen LogP contribution in [0.25, 0.3) is 0 Å². The van der Waals surface area contributed by atoms with Crippen LogP contribution in [-0.4, -0.2) is 17.5 Å². The van der Waals surface area contributed by atoms with Gasteiger partial charge in [-0.1, -0.05) is 25.2 Å². The Labute approximate surface area is 129 Å². The standard InChI is InChI=1S/C19H28O2/c1-7-19(6)11-10-14(12-15(19)13(2)3)16(20)8-9-17-18(4,5)21-17/h7-9,14-15,17H,1-2,10-12H2,3-6H3. The number of hydrogen-bond donors (Lipinski definition) is 0. The number of rotatable bonds is 5. The van der Waals surface area contributed by atoms with Gasteiger partial charge in [0.05, 0.1) is 5.60 Å². The van der Waals surface area contributed by atoms with Crippen LogP contribution in [0.2, 0.25) is 0 Å². The topological polar surface area (TPSA) is 29.6 Å². The van der Waals surface area contributed by atoms with E-state index in [1.165, 1.54) is 0 Å². The molecule has 4 atom stereocenters. The Hall–Kier alpha value is -1.15. The molecule has 2 rings (SSSR count). The number of carbonyl (C=O) groups excluding carboxylic acids is 1. The summed E-state index contributed by atoms with van der Waals surface area (Å²) in [5.41, 5.74) is 1.14. The van der Waals surface area contributed by atoms with Crippen LogP contribution in [0.3, 0.4) is 0 Å². The Bertz CT molecular complexity index is 486. The summed E-state index contributed by atoms with van der Waals surface area (Å²) in [7, 11) is 0. The molecule has 4 unspecified atom stereocenters. The van der Waals surface area contributed by atoms with E-state index in [2.05, 4.69) is 27.0 Å². The summed E-state index contributed by atoms with van der Waals surface area (Å²) >= 11 is 0. The highest BCUT2D eigenvalue weighted by atomic mass is 16.6. The van der Waals surface area contributed by atoms with Crippen molar-refractivity contribution in [1.82, 2.24) is 0 Å². The maximum Gasteiger partial charge on any atom is 0.158 e. The predicted octanol–water partition coefficient (Wildman–Crippen LogP) is 4.47. The fourth-order valence-corrected chi connectivity index (χ4v) is 3.48. The average Bonchev–Trinajstić information content (AvgIpc) is 3.03. The average molecular weight is 288 g/mol. The lowest BCUT2D eigenvalue weighted by Gasteiger charge is -2.42. The Balaban J connectivity index is 2.01. The lowest BCUT2D eigenvalue weighted by atomic mass is 9.61. The van der Waals surface area contributed by atoms with Crippen LogP contribution < -0.4 is 0 Å². The van der Waals surface area contributed by atoms with Crippen LogP contribution in [0.15, 0.2) is 37.0 Å². The molecule has 1 saturated heterocycles. The van der Waals surface area contributed by atoms with Crippen LogP contribution in [0.4, 0.5) is 0 Å². The van der Waals surface area contributed by atoms with E-state index in [1.54, 1.807) is 6.08 Å². The number of carbonyl (C=O) groups is 1. The number of epoxide rings is 1. The number of ether oxygens (including phenoxy) is 1. The zero-order valence-corrected chi connectivity index (χ0v) is 13.8. The summed E-state index contributed by atoms with van der Waals surface area (Å²) in [4.78, 5) is 12.4. The van der Waals surface area contributed by atoms with Crippen molar-refractivity contribution in [1.29, 1.82) is 0 Å². The SMILES string of the molecule is C=CC1(C)CCC(C(=O)C=CC2OC2(C)C)CC1C(=C)C. The van der Waals surface area contributed by atoms with Crippen LogP contribution in [0.1, 0.15) is 47.0 Å². The van der Waals surface area contributed by atoms with E-state index in [0.29, 0.717) is 5.92 Å². The highest BCUT2D eigenvalue weighted by molar-refractivity contribution is 5.92. The monoisotopic (exact) mass is 288 g/mol. The first-order valence-electron chi connectivity index (χ1n) is 7.88. The van der Waals surface area contributed by atoms with E-state index in [9.17, 15) is 4.79 Å². The van der Waals surface area contributed by atoms with Gasteiger partial charge in [0.1, 0.15) is 6.10 Å². The van der Waals surface area contributed by atoms with Gasteiger partial charge < -0.3 is 4.74 Å². The second-order valence-corrected chi connectivity index (χ2v) is 7.48. The molecule has 116 valence electrons. The zero-order valence-electron chi connectivity index (χ0n) is 13.8. The summed E-state index contributed by atoms with van der Waals surface area (Å²) in [5.74, 6) is 0.691. The third-order valence-electron chi connectivity index (χ3n) is 5.31. The van der Waals surface area contributed by atoms with E-state index in [4.69, 9.17) is 4.74 Å². The van der Waals surface area contributed by atoms with Gasteiger partial charge in [0.15, 0.2) is 5.78 Å². The third kappa shape index (κ3) is 3.37. The highest BCUT2D eigenvalue weighted by Gasteiger charge is 2.46. The molecular formula is C19H28O2. The van der Waals surface area contributed by atoms with Gasteiger partial charge in [-0.05, 0) is 63.5 Å². The van der Waals surface area contributed by atoms with Gasteiger partial charge in [0.2, 0.25) is 0 Å². The Morgan fingerprint density at radius 1 is 1.33 bits per heavy atom. The molecule has 0 bridgehead atoms. The first-order valence-corrected chi connectivity index (χ1v) is 7.88. The molecule has 0 aromatic rings. The molecule has 1 saturated carbocycles. The van der Waals surface area contributed by atoms with E-state index in [-0.39, 0.29) is 28.8 Å². The van der Waals surface area contributed by atoms with Gasteiger partial charge in [0, 0.05) is 5.92 Å². The van der Waals surface area contributed by atoms with E-state index < -0.39 is 0 Å². The van der Waals surface area contributed by atoms with Crippen molar-refractivity contribution in [2.45, 2.75) is 58.7 Å². The molecule has 0 N–H and O–H groups in total. The smallest absolute Gasteiger partial charge is 0.158 e. The maximum atomic E-state index is 12.4. The summed E-state index contributed by atoms with van der Waals surface area (Å²) in [6.07, 6.45) is 8.61. The fraction of sp³-hybridized carbons (Fsp3) is 0.632.